The lowest BCUT2D eigenvalue weighted by molar-refractivity contribution is 0.0801. The molecule has 1 aliphatic heterocycles. The second kappa shape index (κ2) is 5.71. The van der Waals surface area contributed by atoms with Gasteiger partial charge in [0.05, 0.1) is 6.10 Å². The number of benzene rings is 1. The fourth-order valence-electron chi connectivity index (χ4n) is 4.04. The Kier molecular flexibility index (Phi) is 4.08. The molecule has 2 fully saturated rings. The van der Waals surface area contributed by atoms with Crippen molar-refractivity contribution >= 4 is 0 Å². The molecular weight excluding hydrogens is 260 g/mol. The molecule has 3 heteroatoms. The molecule has 1 aliphatic carbocycles. The van der Waals surface area contributed by atoms with Crippen molar-refractivity contribution in [2.45, 2.75) is 26.5 Å². The number of β-amino-alcohol motifs (C(OH)–C–C–N with tert-alkyl or cyclic N) is 1. The molecule has 0 aromatic heterocycles. The van der Waals surface area contributed by atoms with Gasteiger partial charge in [-0.2, -0.15) is 0 Å². The van der Waals surface area contributed by atoms with Gasteiger partial charge in [0.2, 0.25) is 0 Å². The predicted octanol–water partition coefficient (Wildman–Crippen LogP) is 2.07. The van der Waals surface area contributed by atoms with Crippen LogP contribution in [0.4, 0.5) is 0 Å². The van der Waals surface area contributed by atoms with Crippen molar-refractivity contribution in [1.82, 2.24) is 9.80 Å². The Morgan fingerprint density at radius 1 is 1.24 bits per heavy atom. The van der Waals surface area contributed by atoms with E-state index in [9.17, 15) is 5.11 Å². The first-order chi connectivity index (χ1) is 9.96. The van der Waals surface area contributed by atoms with Gasteiger partial charge in [-0.25, -0.2) is 0 Å². The summed E-state index contributed by atoms with van der Waals surface area (Å²) in [5.74, 6) is 1.73. The van der Waals surface area contributed by atoms with Crippen LogP contribution in [-0.2, 0) is 6.54 Å². The summed E-state index contributed by atoms with van der Waals surface area (Å²) in [5.41, 5.74) is 1.86. The van der Waals surface area contributed by atoms with E-state index in [0.717, 1.165) is 31.5 Å². The van der Waals surface area contributed by atoms with Crippen LogP contribution in [0.5, 0.6) is 0 Å². The van der Waals surface area contributed by atoms with E-state index in [2.05, 4.69) is 55.0 Å². The second-order valence-electron chi connectivity index (χ2n) is 7.59. The lowest BCUT2D eigenvalue weighted by atomic mass is 10.1. The van der Waals surface area contributed by atoms with Crippen molar-refractivity contribution in [3.63, 3.8) is 0 Å². The summed E-state index contributed by atoms with van der Waals surface area (Å²) in [5, 5.41) is 10.3. The summed E-state index contributed by atoms with van der Waals surface area (Å²) in [7, 11) is 2.08. The number of piperidine rings is 1. The maximum absolute atomic E-state index is 10.3. The topological polar surface area (TPSA) is 26.7 Å². The molecule has 3 rings (SSSR count). The Morgan fingerprint density at radius 3 is 2.48 bits per heavy atom. The summed E-state index contributed by atoms with van der Waals surface area (Å²) in [6.07, 6.45) is -0.251. The number of hydrogen-bond acceptors (Lipinski definition) is 3. The van der Waals surface area contributed by atoms with E-state index in [0.29, 0.717) is 5.41 Å². The molecule has 1 heterocycles. The van der Waals surface area contributed by atoms with E-state index >= 15 is 0 Å². The highest BCUT2D eigenvalue weighted by molar-refractivity contribution is 5.14. The van der Waals surface area contributed by atoms with Crippen molar-refractivity contribution < 1.29 is 5.11 Å². The number of aliphatic hydroxyl groups excluding tert-OH is 1. The first-order valence-corrected chi connectivity index (χ1v) is 8.09. The highest BCUT2D eigenvalue weighted by Gasteiger charge is 2.61. The standard InChI is InChI=1S/C18H28N2O/c1-18(2)16-12-20(13-17(16)18)11-15(21)10-19(3)9-14-7-5-4-6-8-14/h4-8,15-17,21H,9-13H2,1-3H3. The number of fused-ring (bicyclic) bond motifs is 1. The van der Waals surface area contributed by atoms with E-state index in [-0.39, 0.29) is 6.10 Å². The van der Waals surface area contributed by atoms with Crippen LogP contribution in [0, 0.1) is 17.3 Å². The molecule has 1 aromatic rings. The number of nitrogens with zero attached hydrogens (tertiary/aromatic N) is 2. The second-order valence-corrected chi connectivity index (χ2v) is 7.59. The molecule has 1 N–H and O–H groups in total. The molecule has 1 saturated carbocycles. The maximum atomic E-state index is 10.3. The van der Waals surface area contributed by atoms with Crippen LogP contribution in [0.15, 0.2) is 30.3 Å². The zero-order valence-electron chi connectivity index (χ0n) is 13.5. The predicted molar refractivity (Wildman–Crippen MR) is 86.0 cm³/mol. The van der Waals surface area contributed by atoms with Gasteiger partial charge in [0.1, 0.15) is 0 Å². The molecule has 0 spiro atoms. The van der Waals surface area contributed by atoms with Crippen LogP contribution >= 0.6 is 0 Å². The van der Waals surface area contributed by atoms with Crippen molar-refractivity contribution in [2.24, 2.45) is 17.3 Å². The van der Waals surface area contributed by atoms with E-state index in [1.807, 2.05) is 6.07 Å². The van der Waals surface area contributed by atoms with Gasteiger partial charge in [0, 0.05) is 32.7 Å². The van der Waals surface area contributed by atoms with Crippen LogP contribution in [0.25, 0.3) is 0 Å². The first kappa shape index (κ1) is 15.0. The Morgan fingerprint density at radius 2 is 1.86 bits per heavy atom. The molecule has 1 saturated heterocycles. The van der Waals surface area contributed by atoms with E-state index in [4.69, 9.17) is 0 Å². The molecule has 0 amide bonds. The van der Waals surface area contributed by atoms with Gasteiger partial charge >= 0.3 is 0 Å². The van der Waals surface area contributed by atoms with Gasteiger partial charge < -0.3 is 10.0 Å². The van der Waals surface area contributed by atoms with Crippen LogP contribution in [0.3, 0.4) is 0 Å². The summed E-state index contributed by atoms with van der Waals surface area (Å²) >= 11 is 0. The van der Waals surface area contributed by atoms with Gasteiger partial charge in [-0.1, -0.05) is 44.2 Å². The van der Waals surface area contributed by atoms with Crippen LogP contribution in [0.2, 0.25) is 0 Å². The fraction of sp³-hybridized carbons (Fsp3) is 0.667. The molecule has 21 heavy (non-hydrogen) atoms. The molecule has 0 bridgehead atoms. The molecule has 0 radical (unpaired) electrons. The SMILES string of the molecule is CN(Cc1ccccc1)CC(O)CN1CC2C(C1)C2(C)C. The van der Waals surface area contributed by atoms with Crippen molar-refractivity contribution in [2.75, 3.05) is 33.2 Å². The van der Waals surface area contributed by atoms with Gasteiger partial charge in [0.25, 0.3) is 0 Å². The van der Waals surface area contributed by atoms with Crippen LogP contribution < -0.4 is 0 Å². The van der Waals surface area contributed by atoms with Crippen molar-refractivity contribution in [3.05, 3.63) is 35.9 Å². The zero-order valence-corrected chi connectivity index (χ0v) is 13.5. The maximum Gasteiger partial charge on any atom is 0.0793 e. The third-order valence-electron chi connectivity index (χ3n) is 5.48. The number of likely N-dealkylation sites (N-methyl/N-ethyl adjacent to an activating group) is 1. The lowest BCUT2D eigenvalue weighted by Crippen LogP contribution is -2.39. The lowest BCUT2D eigenvalue weighted by Gasteiger charge is -2.27. The molecule has 2 aliphatic rings. The minimum atomic E-state index is -0.251. The Balaban J connectivity index is 1.40. The molecule has 3 nitrogen and oxygen atoms in total. The van der Waals surface area contributed by atoms with E-state index in [1.165, 1.54) is 18.7 Å². The highest BCUT2D eigenvalue weighted by Crippen LogP contribution is 2.61. The molecular formula is C18H28N2O. The number of aliphatic hydroxyl groups is 1. The largest absolute Gasteiger partial charge is 0.390 e. The average molecular weight is 288 g/mol. The van der Waals surface area contributed by atoms with Crippen LogP contribution in [0.1, 0.15) is 19.4 Å². The average Bonchev–Trinajstić information content (AvgIpc) is 2.76. The highest BCUT2D eigenvalue weighted by atomic mass is 16.3. The van der Waals surface area contributed by atoms with Gasteiger partial charge in [-0.15, -0.1) is 0 Å². The summed E-state index contributed by atoms with van der Waals surface area (Å²) in [6, 6.07) is 10.5. The monoisotopic (exact) mass is 288 g/mol. The third kappa shape index (κ3) is 3.31. The van der Waals surface area contributed by atoms with Gasteiger partial charge in [-0.3, -0.25) is 4.90 Å². The number of rotatable bonds is 6. The minimum Gasteiger partial charge on any atom is -0.390 e. The van der Waals surface area contributed by atoms with Crippen molar-refractivity contribution in [3.8, 4) is 0 Å². The first-order valence-electron chi connectivity index (χ1n) is 8.09. The zero-order chi connectivity index (χ0) is 15.0. The molecule has 3 unspecified atom stereocenters. The smallest absolute Gasteiger partial charge is 0.0793 e. The summed E-state index contributed by atoms with van der Waals surface area (Å²) < 4.78 is 0. The van der Waals surface area contributed by atoms with Gasteiger partial charge in [0.15, 0.2) is 0 Å². The molecule has 116 valence electrons. The van der Waals surface area contributed by atoms with E-state index < -0.39 is 0 Å². The Hall–Kier alpha value is -0.900. The normalized spacial score (nSPS) is 28.6. The molecule has 1 aromatic carbocycles. The summed E-state index contributed by atoms with van der Waals surface area (Å²) in [6.45, 7) is 9.57. The van der Waals surface area contributed by atoms with Crippen LogP contribution in [-0.4, -0.2) is 54.2 Å². The summed E-state index contributed by atoms with van der Waals surface area (Å²) in [4.78, 5) is 4.66. The number of hydrogen-bond donors (Lipinski definition) is 1. The van der Waals surface area contributed by atoms with E-state index in [1.54, 1.807) is 0 Å². The molecule has 3 atom stereocenters. The number of likely N-dealkylation sites (tertiary alicyclic amines) is 1. The quantitative estimate of drug-likeness (QED) is 0.868. The minimum absolute atomic E-state index is 0.251. The fourth-order valence-corrected chi connectivity index (χ4v) is 4.04. The third-order valence-corrected chi connectivity index (χ3v) is 5.48. The Bertz CT molecular complexity index is 459. The Labute approximate surface area is 128 Å². The van der Waals surface area contributed by atoms with Crippen molar-refractivity contribution in [1.29, 1.82) is 0 Å². The van der Waals surface area contributed by atoms with Gasteiger partial charge in [-0.05, 0) is 29.9 Å².